The Morgan fingerprint density at radius 3 is 2.91 bits per heavy atom. The molecule has 3 rings (SSSR count). The number of hydrogen-bond acceptors (Lipinski definition) is 4. The van der Waals surface area contributed by atoms with Gasteiger partial charge >= 0.3 is 0 Å². The van der Waals surface area contributed by atoms with E-state index in [2.05, 4.69) is 5.32 Å². The van der Waals surface area contributed by atoms with Crippen molar-refractivity contribution in [2.24, 2.45) is 0 Å². The normalized spacial score (nSPS) is 17.5. The van der Waals surface area contributed by atoms with Gasteiger partial charge in [-0.1, -0.05) is 29.8 Å². The van der Waals surface area contributed by atoms with E-state index in [9.17, 15) is 9.59 Å². The third-order valence-electron chi connectivity index (χ3n) is 3.49. The monoisotopic (exact) mass is 350 g/mol. The molecule has 1 saturated heterocycles. The van der Waals surface area contributed by atoms with Crippen LogP contribution in [0.3, 0.4) is 0 Å². The summed E-state index contributed by atoms with van der Waals surface area (Å²) in [6, 6.07) is 10.9. The van der Waals surface area contributed by atoms with Crippen LogP contribution in [0.25, 0.3) is 0 Å². The molecule has 2 heterocycles. The van der Waals surface area contributed by atoms with E-state index in [-0.39, 0.29) is 23.7 Å². The van der Waals surface area contributed by atoms with Crippen molar-refractivity contribution in [2.75, 3.05) is 12.3 Å². The van der Waals surface area contributed by atoms with Gasteiger partial charge in [0.2, 0.25) is 11.8 Å². The summed E-state index contributed by atoms with van der Waals surface area (Å²) < 4.78 is 5.16. The van der Waals surface area contributed by atoms with Crippen molar-refractivity contribution in [2.45, 2.75) is 11.9 Å². The number of nitrogens with one attached hydrogen (secondary N) is 1. The lowest BCUT2D eigenvalue weighted by Crippen LogP contribution is -2.39. The van der Waals surface area contributed by atoms with Gasteiger partial charge in [-0.15, -0.1) is 11.8 Å². The van der Waals surface area contributed by atoms with Crippen molar-refractivity contribution in [1.29, 1.82) is 0 Å². The second-order valence-corrected chi connectivity index (χ2v) is 6.54. The number of carbonyl (C=O) groups excluding carboxylic acids is 2. The lowest BCUT2D eigenvalue weighted by molar-refractivity contribution is -0.133. The summed E-state index contributed by atoms with van der Waals surface area (Å²) in [6.07, 6.45) is 1.55. The summed E-state index contributed by atoms with van der Waals surface area (Å²) in [6.45, 7) is 0.306. The van der Waals surface area contributed by atoms with Crippen LogP contribution in [0.2, 0.25) is 5.02 Å². The molecule has 0 saturated carbocycles. The molecule has 7 heteroatoms. The molecule has 2 amide bonds. The SMILES string of the molecule is O=C(CN1C(=O)CSC1c1ccccc1Cl)NCc1ccco1. The van der Waals surface area contributed by atoms with E-state index < -0.39 is 0 Å². The molecule has 0 bridgehead atoms. The molecule has 1 fully saturated rings. The molecule has 1 unspecified atom stereocenters. The maximum atomic E-state index is 12.1. The first-order valence-electron chi connectivity index (χ1n) is 7.10. The minimum Gasteiger partial charge on any atom is -0.467 e. The highest BCUT2D eigenvalue weighted by Crippen LogP contribution is 2.41. The molecule has 1 aromatic heterocycles. The van der Waals surface area contributed by atoms with Gasteiger partial charge in [0.05, 0.1) is 18.6 Å². The van der Waals surface area contributed by atoms with Crippen molar-refractivity contribution in [3.05, 3.63) is 59.0 Å². The maximum absolute atomic E-state index is 12.1. The zero-order valence-electron chi connectivity index (χ0n) is 12.2. The number of rotatable bonds is 5. The lowest BCUT2D eigenvalue weighted by atomic mass is 10.2. The fourth-order valence-corrected chi connectivity index (χ4v) is 3.89. The largest absolute Gasteiger partial charge is 0.467 e. The molecule has 1 aromatic carbocycles. The fourth-order valence-electron chi connectivity index (χ4n) is 2.37. The van der Waals surface area contributed by atoms with Crippen LogP contribution in [-0.2, 0) is 16.1 Å². The summed E-state index contributed by atoms with van der Waals surface area (Å²) in [4.78, 5) is 25.8. The number of amides is 2. The second-order valence-electron chi connectivity index (χ2n) is 5.06. The van der Waals surface area contributed by atoms with Gasteiger partial charge in [0.1, 0.15) is 17.7 Å². The van der Waals surface area contributed by atoms with Crippen molar-refractivity contribution < 1.29 is 14.0 Å². The van der Waals surface area contributed by atoms with Crippen LogP contribution in [0, 0.1) is 0 Å². The van der Waals surface area contributed by atoms with E-state index in [0.717, 1.165) is 5.56 Å². The molecule has 120 valence electrons. The topological polar surface area (TPSA) is 62.6 Å². The summed E-state index contributed by atoms with van der Waals surface area (Å²) in [5.74, 6) is 0.729. The Morgan fingerprint density at radius 2 is 2.17 bits per heavy atom. The number of hydrogen-bond donors (Lipinski definition) is 1. The predicted molar refractivity (Wildman–Crippen MR) is 88.9 cm³/mol. The summed E-state index contributed by atoms with van der Waals surface area (Å²) in [7, 11) is 0. The van der Waals surface area contributed by atoms with Crippen molar-refractivity contribution in [3.63, 3.8) is 0 Å². The number of halogens is 1. The van der Waals surface area contributed by atoms with Crippen LogP contribution in [0.5, 0.6) is 0 Å². The van der Waals surface area contributed by atoms with Gasteiger partial charge in [0.15, 0.2) is 0 Å². The van der Waals surface area contributed by atoms with E-state index in [1.54, 1.807) is 29.4 Å². The highest BCUT2D eigenvalue weighted by atomic mass is 35.5. The van der Waals surface area contributed by atoms with Gasteiger partial charge in [-0.25, -0.2) is 0 Å². The predicted octanol–water partition coefficient (Wildman–Crippen LogP) is 2.82. The number of thioether (sulfide) groups is 1. The van der Waals surface area contributed by atoms with Crippen LogP contribution in [-0.4, -0.2) is 29.0 Å². The molecule has 1 atom stereocenters. The van der Waals surface area contributed by atoms with E-state index in [4.69, 9.17) is 16.0 Å². The van der Waals surface area contributed by atoms with Gasteiger partial charge in [0.25, 0.3) is 0 Å². The second kappa shape index (κ2) is 7.10. The van der Waals surface area contributed by atoms with Crippen molar-refractivity contribution in [3.8, 4) is 0 Å². The van der Waals surface area contributed by atoms with Crippen molar-refractivity contribution in [1.82, 2.24) is 10.2 Å². The quantitative estimate of drug-likeness (QED) is 0.900. The Bertz CT molecular complexity index is 705. The zero-order valence-corrected chi connectivity index (χ0v) is 13.8. The van der Waals surface area contributed by atoms with Gasteiger partial charge in [-0.05, 0) is 18.2 Å². The highest BCUT2D eigenvalue weighted by molar-refractivity contribution is 8.00. The van der Waals surface area contributed by atoms with Gasteiger partial charge in [-0.3, -0.25) is 9.59 Å². The summed E-state index contributed by atoms with van der Waals surface area (Å²) >= 11 is 7.70. The van der Waals surface area contributed by atoms with E-state index in [1.807, 2.05) is 18.2 Å². The standard InChI is InChI=1S/C16H15ClN2O3S/c17-13-6-2-1-5-12(13)16-19(15(21)10-23-16)9-14(20)18-8-11-4-3-7-22-11/h1-7,16H,8-10H2,(H,18,20). The lowest BCUT2D eigenvalue weighted by Gasteiger charge is -2.24. The molecule has 0 radical (unpaired) electrons. The van der Waals surface area contributed by atoms with Crippen LogP contribution >= 0.6 is 23.4 Å². The summed E-state index contributed by atoms with van der Waals surface area (Å²) in [5.41, 5.74) is 0.851. The first kappa shape index (κ1) is 16.0. The Morgan fingerprint density at radius 1 is 1.35 bits per heavy atom. The molecular formula is C16H15ClN2O3S. The smallest absolute Gasteiger partial charge is 0.240 e. The average molecular weight is 351 g/mol. The van der Waals surface area contributed by atoms with E-state index in [1.165, 1.54) is 11.8 Å². The highest BCUT2D eigenvalue weighted by Gasteiger charge is 2.35. The molecule has 2 aromatic rings. The zero-order chi connectivity index (χ0) is 16.2. The molecular weight excluding hydrogens is 336 g/mol. The minimum atomic E-state index is -0.231. The Kier molecular flexibility index (Phi) is 4.93. The average Bonchev–Trinajstić information content (AvgIpc) is 3.17. The number of nitrogens with zero attached hydrogens (tertiary/aromatic N) is 1. The molecule has 0 aliphatic carbocycles. The summed E-state index contributed by atoms with van der Waals surface area (Å²) in [5, 5.41) is 3.12. The number of furan rings is 1. The maximum Gasteiger partial charge on any atom is 0.240 e. The molecule has 1 N–H and O–H groups in total. The first-order chi connectivity index (χ1) is 11.1. The Labute approximate surface area is 143 Å². The van der Waals surface area contributed by atoms with Gasteiger partial charge in [0, 0.05) is 10.6 Å². The number of benzene rings is 1. The van der Waals surface area contributed by atoms with Crippen LogP contribution in [0.1, 0.15) is 16.7 Å². The Balaban J connectivity index is 1.66. The van der Waals surface area contributed by atoms with Gasteiger partial charge in [-0.2, -0.15) is 0 Å². The fraction of sp³-hybridized carbons (Fsp3) is 0.250. The molecule has 1 aliphatic rings. The van der Waals surface area contributed by atoms with E-state index in [0.29, 0.717) is 23.1 Å². The molecule has 0 spiro atoms. The van der Waals surface area contributed by atoms with E-state index >= 15 is 0 Å². The minimum absolute atomic E-state index is 0.00241. The van der Waals surface area contributed by atoms with Crippen molar-refractivity contribution >= 4 is 35.2 Å². The van der Waals surface area contributed by atoms with Gasteiger partial charge < -0.3 is 14.6 Å². The molecule has 5 nitrogen and oxygen atoms in total. The first-order valence-corrected chi connectivity index (χ1v) is 8.52. The number of carbonyl (C=O) groups is 2. The van der Waals surface area contributed by atoms with Crippen LogP contribution in [0.15, 0.2) is 47.1 Å². The molecule has 23 heavy (non-hydrogen) atoms. The third kappa shape index (κ3) is 3.71. The third-order valence-corrected chi connectivity index (χ3v) is 5.08. The van der Waals surface area contributed by atoms with Crippen LogP contribution in [0.4, 0.5) is 0 Å². The molecule has 1 aliphatic heterocycles. The Hall–Kier alpha value is -1.92. The van der Waals surface area contributed by atoms with Crippen LogP contribution < -0.4 is 5.32 Å².